The van der Waals surface area contributed by atoms with Gasteiger partial charge in [0.15, 0.2) is 0 Å². The number of unbranched alkanes of at least 4 members (excludes halogenated alkanes) is 1. The molecule has 0 aliphatic rings. The van der Waals surface area contributed by atoms with Gasteiger partial charge in [0.25, 0.3) is 0 Å². The predicted molar refractivity (Wildman–Crippen MR) is 84.5 cm³/mol. The Morgan fingerprint density at radius 2 is 2.10 bits per heavy atom. The molecule has 0 aliphatic heterocycles. The van der Waals surface area contributed by atoms with E-state index >= 15 is 0 Å². The minimum atomic E-state index is -0.0702. The summed E-state index contributed by atoms with van der Waals surface area (Å²) in [4.78, 5) is 11.1. The number of carbonyl (C=O) groups is 1. The summed E-state index contributed by atoms with van der Waals surface area (Å²) in [6.07, 6.45) is 4.61. The number of amides is 1. The smallest absolute Gasteiger partial charge is 0.221 e. The molecule has 0 bridgehead atoms. The lowest BCUT2D eigenvalue weighted by molar-refractivity contribution is -0.114. The fourth-order valence-corrected chi connectivity index (χ4v) is 2.15. The van der Waals surface area contributed by atoms with Gasteiger partial charge in [-0.3, -0.25) is 4.79 Å². The monoisotopic (exact) mass is 278 g/mol. The molecule has 20 heavy (non-hydrogen) atoms. The van der Waals surface area contributed by atoms with E-state index in [1.165, 1.54) is 19.8 Å². The summed E-state index contributed by atoms with van der Waals surface area (Å²) in [6.45, 7) is 5.88. The first kappa shape index (κ1) is 16.3. The molecule has 1 amide bonds. The van der Waals surface area contributed by atoms with E-state index in [2.05, 4.69) is 24.5 Å². The summed E-state index contributed by atoms with van der Waals surface area (Å²) in [6, 6.07) is 6.07. The van der Waals surface area contributed by atoms with Crippen LogP contribution in [0.4, 0.5) is 11.4 Å². The van der Waals surface area contributed by atoms with Crippen LogP contribution in [0.3, 0.4) is 0 Å². The van der Waals surface area contributed by atoms with E-state index in [9.17, 15) is 4.79 Å². The van der Waals surface area contributed by atoms with Gasteiger partial charge < -0.3 is 15.4 Å². The molecular weight excluding hydrogens is 252 g/mol. The Labute approximate surface area is 121 Å². The van der Waals surface area contributed by atoms with Gasteiger partial charge in [-0.15, -0.1) is 0 Å². The maximum atomic E-state index is 11.1. The van der Waals surface area contributed by atoms with Crippen LogP contribution in [-0.4, -0.2) is 19.1 Å². The van der Waals surface area contributed by atoms with E-state index in [1.54, 1.807) is 7.11 Å². The zero-order valence-corrected chi connectivity index (χ0v) is 13.0. The fourth-order valence-electron chi connectivity index (χ4n) is 2.15. The summed E-state index contributed by atoms with van der Waals surface area (Å²) >= 11 is 0. The number of anilines is 2. The zero-order valence-electron chi connectivity index (χ0n) is 13.0. The minimum absolute atomic E-state index is 0.0702. The third kappa shape index (κ3) is 5.11. The topological polar surface area (TPSA) is 50.4 Å². The van der Waals surface area contributed by atoms with Crippen molar-refractivity contribution >= 4 is 17.3 Å². The fraction of sp³-hybridized carbons (Fsp3) is 0.562. The molecule has 0 aliphatic carbocycles. The second kappa shape index (κ2) is 8.46. The first-order valence-corrected chi connectivity index (χ1v) is 7.32. The van der Waals surface area contributed by atoms with Crippen LogP contribution in [-0.2, 0) is 4.79 Å². The van der Waals surface area contributed by atoms with Crippen molar-refractivity contribution in [2.24, 2.45) is 0 Å². The van der Waals surface area contributed by atoms with Gasteiger partial charge in [0.05, 0.1) is 12.8 Å². The molecule has 4 nitrogen and oxygen atoms in total. The van der Waals surface area contributed by atoms with Gasteiger partial charge in [-0.2, -0.15) is 0 Å². The highest BCUT2D eigenvalue weighted by Crippen LogP contribution is 2.29. The summed E-state index contributed by atoms with van der Waals surface area (Å²) < 4.78 is 5.38. The first-order valence-electron chi connectivity index (χ1n) is 7.32. The van der Waals surface area contributed by atoms with Crippen molar-refractivity contribution in [3.05, 3.63) is 18.2 Å². The average Bonchev–Trinajstić information content (AvgIpc) is 2.43. The van der Waals surface area contributed by atoms with E-state index < -0.39 is 0 Å². The van der Waals surface area contributed by atoms with E-state index in [1.807, 2.05) is 18.2 Å². The van der Waals surface area contributed by atoms with E-state index in [4.69, 9.17) is 4.74 Å². The molecule has 0 radical (unpaired) electrons. The van der Waals surface area contributed by atoms with Crippen LogP contribution in [0.1, 0.15) is 46.5 Å². The van der Waals surface area contributed by atoms with Gasteiger partial charge in [0.2, 0.25) is 5.91 Å². The number of carbonyl (C=O) groups excluding carboxylic acids is 1. The van der Waals surface area contributed by atoms with Gasteiger partial charge >= 0.3 is 0 Å². The van der Waals surface area contributed by atoms with Crippen molar-refractivity contribution in [3.63, 3.8) is 0 Å². The highest BCUT2D eigenvalue weighted by Gasteiger charge is 2.10. The average molecular weight is 278 g/mol. The van der Waals surface area contributed by atoms with E-state index in [-0.39, 0.29) is 5.91 Å². The molecule has 0 fully saturated rings. The van der Waals surface area contributed by atoms with Crippen LogP contribution >= 0.6 is 0 Å². The van der Waals surface area contributed by atoms with E-state index in [0.29, 0.717) is 6.04 Å². The predicted octanol–water partition coefficient (Wildman–Crippen LogP) is 4.03. The number of benzene rings is 1. The molecule has 1 atom stereocenters. The van der Waals surface area contributed by atoms with Crippen molar-refractivity contribution in [1.29, 1.82) is 0 Å². The Bertz CT molecular complexity index is 432. The van der Waals surface area contributed by atoms with Crippen LogP contribution in [0.15, 0.2) is 18.2 Å². The second-order valence-electron chi connectivity index (χ2n) is 4.99. The normalized spacial score (nSPS) is 11.8. The van der Waals surface area contributed by atoms with Crippen molar-refractivity contribution in [2.45, 2.75) is 52.5 Å². The first-order chi connectivity index (χ1) is 9.60. The molecule has 0 saturated heterocycles. The molecule has 0 spiro atoms. The Balaban J connectivity index is 2.86. The molecule has 0 aromatic heterocycles. The molecule has 1 aromatic carbocycles. The number of rotatable bonds is 8. The molecule has 2 N–H and O–H groups in total. The molecule has 4 heteroatoms. The molecule has 0 saturated carbocycles. The van der Waals surface area contributed by atoms with Crippen molar-refractivity contribution < 1.29 is 9.53 Å². The summed E-state index contributed by atoms with van der Waals surface area (Å²) in [5.41, 5.74) is 1.72. The van der Waals surface area contributed by atoms with Crippen molar-refractivity contribution in [3.8, 4) is 5.75 Å². The van der Waals surface area contributed by atoms with Gasteiger partial charge in [-0.05, 0) is 31.0 Å². The largest absolute Gasteiger partial charge is 0.495 e. The molecule has 1 rings (SSSR count). The van der Waals surface area contributed by atoms with Gasteiger partial charge in [-0.25, -0.2) is 0 Å². The lowest BCUT2D eigenvalue weighted by atomic mass is 10.1. The van der Waals surface area contributed by atoms with Gasteiger partial charge in [0.1, 0.15) is 5.75 Å². The Morgan fingerprint density at radius 1 is 1.35 bits per heavy atom. The molecule has 112 valence electrons. The summed E-state index contributed by atoms with van der Waals surface area (Å²) in [5, 5.41) is 6.32. The van der Waals surface area contributed by atoms with Crippen LogP contribution < -0.4 is 15.4 Å². The lowest BCUT2D eigenvalue weighted by Crippen LogP contribution is -2.19. The molecular formula is C16H26N2O2. The van der Waals surface area contributed by atoms with Gasteiger partial charge in [0, 0.05) is 18.7 Å². The highest BCUT2D eigenvalue weighted by atomic mass is 16.5. The van der Waals surface area contributed by atoms with Crippen molar-refractivity contribution in [2.75, 3.05) is 17.7 Å². The summed E-state index contributed by atoms with van der Waals surface area (Å²) in [7, 11) is 1.66. The van der Waals surface area contributed by atoms with Crippen LogP contribution in [0.5, 0.6) is 5.75 Å². The summed E-state index contributed by atoms with van der Waals surface area (Å²) in [5.74, 6) is 0.730. The maximum Gasteiger partial charge on any atom is 0.221 e. The number of methoxy groups -OCH3 is 1. The minimum Gasteiger partial charge on any atom is -0.495 e. The number of hydrogen-bond acceptors (Lipinski definition) is 3. The number of hydrogen-bond donors (Lipinski definition) is 2. The third-order valence-electron chi connectivity index (χ3n) is 3.28. The maximum absolute atomic E-state index is 11.1. The second-order valence-corrected chi connectivity index (χ2v) is 4.99. The standard InChI is InChI=1S/C16H26N2O2/c1-5-7-8-13(6-2)18-15-11-14(17-12(3)19)9-10-16(15)20-4/h9-11,13,18H,5-8H2,1-4H3,(H,17,19). The van der Waals surface area contributed by atoms with Gasteiger partial charge in [-0.1, -0.05) is 26.7 Å². The molecule has 1 unspecified atom stereocenters. The number of ether oxygens (including phenoxy) is 1. The Morgan fingerprint density at radius 3 is 2.65 bits per heavy atom. The van der Waals surface area contributed by atoms with Crippen LogP contribution in [0.2, 0.25) is 0 Å². The SMILES string of the molecule is CCCCC(CC)Nc1cc(NC(C)=O)ccc1OC. The number of nitrogens with one attached hydrogen (secondary N) is 2. The Hall–Kier alpha value is -1.71. The third-order valence-corrected chi connectivity index (χ3v) is 3.28. The Kier molecular flexibility index (Phi) is 6.91. The van der Waals surface area contributed by atoms with E-state index in [0.717, 1.165) is 30.0 Å². The molecule has 0 heterocycles. The van der Waals surface area contributed by atoms with Crippen molar-refractivity contribution in [1.82, 2.24) is 0 Å². The van der Waals surface area contributed by atoms with Crippen LogP contribution in [0.25, 0.3) is 0 Å². The highest BCUT2D eigenvalue weighted by molar-refractivity contribution is 5.89. The van der Waals surface area contributed by atoms with Crippen LogP contribution in [0, 0.1) is 0 Å². The molecule has 1 aromatic rings. The lowest BCUT2D eigenvalue weighted by Gasteiger charge is -2.20. The zero-order chi connectivity index (χ0) is 15.0. The quantitative estimate of drug-likeness (QED) is 0.754.